The summed E-state index contributed by atoms with van der Waals surface area (Å²) in [5.41, 5.74) is 2.05. The second-order valence-electron chi connectivity index (χ2n) is 6.90. The van der Waals surface area contributed by atoms with E-state index in [0.29, 0.717) is 45.8 Å². The van der Waals surface area contributed by atoms with Crippen LogP contribution in [0.5, 0.6) is 23.0 Å². The topological polar surface area (TPSA) is 83.8 Å². The van der Waals surface area contributed by atoms with Gasteiger partial charge >= 0.3 is 0 Å². The van der Waals surface area contributed by atoms with Crippen molar-refractivity contribution in [2.75, 3.05) is 26.3 Å². The molecule has 0 spiro atoms. The number of rotatable bonds is 4. The summed E-state index contributed by atoms with van der Waals surface area (Å²) in [4.78, 5) is 17.2. The van der Waals surface area contributed by atoms with Crippen molar-refractivity contribution in [3.05, 3.63) is 53.7 Å². The Morgan fingerprint density at radius 2 is 1.93 bits per heavy atom. The number of aromatic nitrogens is 2. The molecule has 1 amide bonds. The summed E-state index contributed by atoms with van der Waals surface area (Å²) in [6.07, 6.45) is 1.78. The Morgan fingerprint density at radius 1 is 1.17 bits per heavy atom. The molecule has 2 aliphatic heterocycles. The Balaban J connectivity index is 1.66. The fourth-order valence-corrected chi connectivity index (χ4v) is 3.93. The number of fused-ring (bicyclic) bond motifs is 2. The number of methoxy groups -OCH3 is 2. The van der Waals surface area contributed by atoms with Crippen LogP contribution in [0.15, 0.2) is 36.7 Å². The quantitative estimate of drug-likeness (QED) is 0.710. The average Bonchev–Trinajstić information content (AvgIpc) is 3.39. The molecule has 3 aromatic rings. The molecule has 0 radical (unpaired) electrons. The number of nitrogens with zero attached hydrogens (tertiary/aromatic N) is 2. The third-order valence-corrected chi connectivity index (χ3v) is 5.26. The highest BCUT2D eigenvalue weighted by Crippen LogP contribution is 2.53. The van der Waals surface area contributed by atoms with Crippen LogP contribution in [0.2, 0.25) is 0 Å². The van der Waals surface area contributed by atoms with Crippen molar-refractivity contribution in [1.82, 2.24) is 9.55 Å². The van der Waals surface area contributed by atoms with Crippen LogP contribution in [0.1, 0.15) is 23.6 Å². The van der Waals surface area contributed by atoms with E-state index in [2.05, 4.69) is 10.3 Å². The summed E-state index contributed by atoms with van der Waals surface area (Å²) in [7, 11) is 3.05. The van der Waals surface area contributed by atoms with Gasteiger partial charge in [0.25, 0.3) is 0 Å². The zero-order valence-electron chi connectivity index (χ0n) is 16.3. The first kappa shape index (κ1) is 18.3. The van der Waals surface area contributed by atoms with Crippen molar-refractivity contribution in [3.63, 3.8) is 0 Å². The van der Waals surface area contributed by atoms with Gasteiger partial charge in [-0.15, -0.1) is 0 Å². The maximum atomic E-state index is 13.3. The van der Waals surface area contributed by atoms with Gasteiger partial charge in [0.15, 0.2) is 11.5 Å². The monoisotopic (exact) mass is 411 g/mol. The molecule has 0 saturated heterocycles. The lowest BCUT2D eigenvalue weighted by Gasteiger charge is -2.25. The third kappa shape index (κ3) is 2.73. The average molecular weight is 411 g/mol. The molecule has 2 aromatic carbocycles. The standard InChI is InChI=1S/C21H18FN3O5/c1-27-18-14(7-15-19(20(18)28-2)30-10-29-15)13-8-16(26)24-21-17(13)23-9-25(21)12-5-3-11(22)4-6-12/h3-7,9,13H,8,10H2,1-2H3,(H,24,26). The summed E-state index contributed by atoms with van der Waals surface area (Å²) >= 11 is 0. The van der Waals surface area contributed by atoms with Crippen LogP contribution >= 0.6 is 0 Å². The molecule has 2 aliphatic rings. The van der Waals surface area contributed by atoms with Crippen LogP contribution in [-0.4, -0.2) is 36.5 Å². The number of carbonyl (C=O) groups excluding carboxylic acids is 1. The van der Waals surface area contributed by atoms with Crippen molar-refractivity contribution in [3.8, 4) is 28.7 Å². The molecule has 3 heterocycles. The summed E-state index contributed by atoms with van der Waals surface area (Å²) in [5, 5.41) is 2.88. The van der Waals surface area contributed by atoms with E-state index in [-0.39, 0.29) is 24.9 Å². The number of imidazole rings is 1. The second kappa shape index (κ2) is 6.94. The molecular formula is C21H18FN3O5. The molecule has 154 valence electrons. The molecule has 8 nitrogen and oxygen atoms in total. The first-order chi connectivity index (χ1) is 14.6. The highest BCUT2D eigenvalue weighted by atomic mass is 19.1. The number of ether oxygens (including phenoxy) is 4. The molecule has 30 heavy (non-hydrogen) atoms. The number of nitrogens with one attached hydrogen (secondary N) is 1. The summed E-state index contributed by atoms with van der Waals surface area (Å²) < 4.78 is 37.3. The van der Waals surface area contributed by atoms with Gasteiger partial charge in [-0.2, -0.15) is 0 Å². The SMILES string of the molecule is COc1c(C2CC(=O)Nc3c2ncn3-c2ccc(F)cc2)cc2c(c1OC)OCO2. The Labute approximate surface area is 171 Å². The maximum Gasteiger partial charge on any atom is 0.231 e. The van der Waals surface area contributed by atoms with Crippen LogP contribution in [0, 0.1) is 5.82 Å². The number of hydrogen-bond donors (Lipinski definition) is 1. The van der Waals surface area contributed by atoms with Crippen LogP contribution in [0.3, 0.4) is 0 Å². The highest BCUT2D eigenvalue weighted by Gasteiger charge is 2.36. The van der Waals surface area contributed by atoms with E-state index in [1.807, 2.05) is 0 Å². The minimum absolute atomic E-state index is 0.0773. The van der Waals surface area contributed by atoms with Crippen molar-refractivity contribution in [1.29, 1.82) is 0 Å². The minimum atomic E-state index is -0.395. The van der Waals surface area contributed by atoms with E-state index in [1.165, 1.54) is 26.4 Å². The lowest BCUT2D eigenvalue weighted by atomic mass is 9.88. The van der Waals surface area contributed by atoms with Gasteiger partial charge in [-0.1, -0.05) is 0 Å². The molecule has 0 aliphatic carbocycles. The van der Waals surface area contributed by atoms with Gasteiger partial charge in [0, 0.05) is 23.6 Å². The fraction of sp³-hybridized carbons (Fsp3) is 0.238. The maximum absolute atomic E-state index is 13.3. The van der Waals surface area contributed by atoms with Crippen LogP contribution in [-0.2, 0) is 4.79 Å². The Morgan fingerprint density at radius 3 is 2.67 bits per heavy atom. The lowest BCUT2D eigenvalue weighted by Crippen LogP contribution is -2.25. The zero-order chi connectivity index (χ0) is 20.8. The molecule has 9 heteroatoms. The van der Waals surface area contributed by atoms with Crippen LogP contribution in [0.25, 0.3) is 5.69 Å². The van der Waals surface area contributed by atoms with E-state index >= 15 is 0 Å². The van der Waals surface area contributed by atoms with Crippen LogP contribution < -0.4 is 24.3 Å². The first-order valence-corrected chi connectivity index (χ1v) is 9.28. The summed E-state index contributed by atoms with van der Waals surface area (Å²) in [6.45, 7) is 0.0773. The molecule has 5 rings (SSSR count). The molecule has 1 unspecified atom stereocenters. The Hall–Kier alpha value is -3.75. The zero-order valence-corrected chi connectivity index (χ0v) is 16.3. The second-order valence-corrected chi connectivity index (χ2v) is 6.90. The lowest BCUT2D eigenvalue weighted by molar-refractivity contribution is -0.116. The molecule has 1 N–H and O–H groups in total. The van der Waals surface area contributed by atoms with Gasteiger partial charge in [-0.25, -0.2) is 9.37 Å². The summed E-state index contributed by atoms with van der Waals surface area (Å²) in [6, 6.07) is 7.76. The van der Waals surface area contributed by atoms with Gasteiger partial charge in [0.2, 0.25) is 24.2 Å². The van der Waals surface area contributed by atoms with E-state index in [4.69, 9.17) is 18.9 Å². The van der Waals surface area contributed by atoms with Crippen molar-refractivity contribution in [2.45, 2.75) is 12.3 Å². The van der Waals surface area contributed by atoms with Gasteiger partial charge in [0.05, 0.1) is 19.9 Å². The highest BCUT2D eigenvalue weighted by molar-refractivity contribution is 5.94. The number of anilines is 1. The van der Waals surface area contributed by atoms with Crippen molar-refractivity contribution < 1.29 is 28.1 Å². The van der Waals surface area contributed by atoms with Gasteiger partial charge in [-0.3, -0.25) is 9.36 Å². The predicted molar refractivity (Wildman–Crippen MR) is 104 cm³/mol. The molecule has 0 bridgehead atoms. The molecule has 1 aromatic heterocycles. The van der Waals surface area contributed by atoms with Gasteiger partial charge in [-0.05, 0) is 30.3 Å². The third-order valence-electron chi connectivity index (χ3n) is 5.26. The van der Waals surface area contributed by atoms with Gasteiger partial charge in [0.1, 0.15) is 18.0 Å². The first-order valence-electron chi connectivity index (χ1n) is 9.28. The minimum Gasteiger partial charge on any atom is -0.492 e. The van der Waals surface area contributed by atoms with Crippen molar-refractivity contribution in [2.24, 2.45) is 0 Å². The van der Waals surface area contributed by atoms with E-state index in [1.54, 1.807) is 29.1 Å². The van der Waals surface area contributed by atoms with Crippen LogP contribution in [0.4, 0.5) is 10.2 Å². The fourth-order valence-electron chi connectivity index (χ4n) is 3.93. The number of benzene rings is 2. The molecule has 0 fully saturated rings. The Bertz CT molecular complexity index is 1140. The Kier molecular flexibility index (Phi) is 4.23. The van der Waals surface area contributed by atoms with Gasteiger partial charge < -0.3 is 24.3 Å². The molecule has 1 atom stereocenters. The van der Waals surface area contributed by atoms with E-state index in [0.717, 1.165) is 0 Å². The normalized spacial score (nSPS) is 16.8. The van der Waals surface area contributed by atoms with E-state index < -0.39 is 5.92 Å². The number of carbonyl (C=O) groups is 1. The van der Waals surface area contributed by atoms with Crippen molar-refractivity contribution >= 4 is 11.7 Å². The largest absolute Gasteiger partial charge is 0.492 e. The van der Waals surface area contributed by atoms with E-state index in [9.17, 15) is 9.18 Å². The number of amides is 1. The summed E-state index contributed by atoms with van der Waals surface area (Å²) in [5.74, 6) is 1.48. The molecule has 0 saturated carbocycles. The predicted octanol–water partition coefficient (Wildman–Crippen LogP) is 3.23. The smallest absolute Gasteiger partial charge is 0.231 e. The number of halogens is 1. The molecular weight excluding hydrogens is 393 g/mol. The number of hydrogen-bond acceptors (Lipinski definition) is 6.